The van der Waals surface area contributed by atoms with Crippen molar-refractivity contribution in [2.75, 3.05) is 0 Å². The molecule has 0 aliphatic heterocycles. The number of aliphatic carboxylic acids is 1. The number of hydrogen-bond acceptors (Lipinski definition) is 4. The molecule has 0 saturated heterocycles. The van der Waals surface area contributed by atoms with Crippen molar-refractivity contribution in [3.63, 3.8) is 0 Å². The zero-order chi connectivity index (χ0) is 15.7. The van der Waals surface area contributed by atoms with Crippen LogP contribution in [0.15, 0.2) is 30.9 Å². The van der Waals surface area contributed by atoms with E-state index >= 15 is 0 Å². The number of aromatic nitrogens is 3. The molecule has 1 unspecified atom stereocenters. The summed E-state index contributed by atoms with van der Waals surface area (Å²) >= 11 is 0. The number of hydrogen-bond donors (Lipinski definition) is 2. The van der Waals surface area contributed by atoms with E-state index in [2.05, 4.69) is 15.4 Å². The average molecular weight is 300 g/mol. The highest BCUT2D eigenvalue weighted by Crippen LogP contribution is 2.33. The molecule has 1 fully saturated rings. The van der Waals surface area contributed by atoms with Crippen molar-refractivity contribution in [1.29, 1.82) is 0 Å². The first-order valence-electron chi connectivity index (χ1n) is 7.05. The van der Waals surface area contributed by atoms with Gasteiger partial charge in [0.2, 0.25) is 0 Å². The first-order valence-corrected chi connectivity index (χ1v) is 7.05. The van der Waals surface area contributed by atoms with Crippen molar-refractivity contribution < 1.29 is 14.7 Å². The number of carbonyl (C=O) groups excluding carboxylic acids is 1. The molecule has 0 radical (unpaired) electrons. The molecule has 7 nitrogen and oxygen atoms in total. The van der Waals surface area contributed by atoms with Crippen LogP contribution < -0.4 is 5.32 Å². The average Bonchev–Trinajstić information content (AvgIpc) is 3.17. The normalized spacial score (nSPS) is 15.3. The van der Waals surface area contributed by atoms with Crippen LogP contribution >= 0.6 is 0 Å². The largest absolute Gasteiger partial charge is 0.480 e. The Morgan fingerprint density at radius 3 is 2.73 bits per heavy atom. The number of amides is 1. The van der Waals surface area contributed by atoms with Gasteiger partial charge in [0.05, 0.1) is 5.69 Å². The second-order valence-electron chi connectivity index (χ2n) is 5.47. The van der Waals surface area contributed by atoms with Gasteiger partial charge in [-0.05, 0) is 49.4 Å². The molecule has 2 aromatic rings. The number of rotatable bonds is 5. The van der Waals surface area contributed by atoms with Crippen LogP contribution in [0.3, 0.4) is 0 Å². The Balaban J connectivity index is 1.79. The van der Waals surface area contributed by atoms with Crippen LogP contribution in [-0.4, -0.2) is 37.8 Å². The van der Waals surface area contributed by atoms with Crippen LogP contribution in [0.2, 0.25) is 0 Å². The first kappa shape index (κ1) is 14.2. The van der Waals surface area contributed by atoms with Gasteiger partial charge in [-0.1, -0.05) is 0 Å². The lowest BCUT2D eigenvalue weighted by molar-refractivity contribution is -0.139. The molecule has 22 heavy (non-hydrogen) atoms. The monoisotopic (exact) mass is 300 g/mol. The number of nitrogens with one attached hydrogen (secondary N) is 1. The topological polar surface area (TPSA) is 97.1 Å². The summed E-state index contributed by atoms with van der Waals surface area (Å²) < 4.78 is 1.60. The van der Waals surface area contributed by atoms with Crippen LogP contribution in [0.4, 0.5) is 0 Å². The highest BCUT2D eigenvalue weighted by atomic mass is 16.4. The molecule has 1 aliphatic carbocycles. The van der Waals surface area contributed by atoms with Crippen molar-refractivity contribution in [2.45, 2.75) is 25.8 Å². The Morgan fingerprint density at radius 1 is 1.41 bits per heavy atom. The van der Waals surface area contributed by atoms with Crippen molar-refractivity contribution in [1.82, 2.24) is 20.1 Å². The van der Waals surface area contributed by atoms with Gasteiger partial charge in [-0.25, -0.2) is 14.5 Å². The molecule has 2 N–H and O–H groups in total. The van der Waals surface area contributed by atoms with E-state index in [1.165, 1.54) is 6.33 Å². The minimum Gasteiger partial charge on any atom is -0.480 e. The zero-order valence-electron chi connectivity index (χ0n) is 12.1. The Bertz CT molecular complexity index is 708. The molecule has 1 aromatic heterocycles. The third kappa shape index (κ3) is 2.83. The molecular weight excluding hydrogens is 284 g/mol. The Labute approximate surface area is 127 Å². The fourth-order valence-corrected chi connectivity index (χ4v) is 2.42. The van der Waals surface area contributed by atoms with Crippen LogP contribution in [0, 0.1) is 12.8 Å². The van der Waals surface area contributed by atoms with E-state index in [1.807, 2.05) is 13.0 Å². The molecular formula is C15H16N4O3. The van der Waals surface area contributed by atoms with Gasteiger partial charge in [0.1, 0.15) is 18.7 Å². The third-order valence-corrected chi connectivity index (χ3v) is 3.78. The molecule has 1 amide bonds. The maximum atomic E-state index is 12.3. The number of carboxylic acids is 1. The lowest BCUT2D eigenvalue weighted by Gasteiger charge is -2.15. The number of nitrogens with zero attached hydrogens (tertiary/aromatic N) is 3. The number of benzene rings is 1. The molecule has 1 aromatic carbocycles. The van der Waals surface area contributed by atoms with E-state index in [1.54, 1.807) is 23.1 Å². The van der Waals surface area contributed by atoms with Gasteiger partial charge in [0.25, 0.3) is 5.91 Å². The Kier molecular flexibility index (Phi) is 3.62. The third-order valence-electron chi connectivity index (χ3n) is 3.78. The zero-order valence-corrected chi connectivity index (χ0v) is 12.1. The van der Waals surface area contributed by atoms with Gasteiger partial charge < -0.3 is 10.4 Å². The van der Waals surface area contributed by atoms with Gasteiger partial charge in [-0.15, -0.1) is 0 Å². The van der Waals surface area contributed by atoms with E-state index in [0.717, 1.165) is 24.1 Å². The molecule has 3 rings (SSSR count). The highest BCUT2D eigenvalue weighted by molar-refractivity contribution is 5.98. The molecule has 0 spiro atoms. The first-order chi connectivity index (χ1) is 10.6. The van der Waals surface area contributed by atoms with E-state index in [0.29, 0.717) is 5.56 Å². The van der Waals surface area contributed by atoms with Crippen molar-refractivity contribution >= 4 is 11.9 Å². The summed E-state index contributed by atoms with van der Waals surface area (Å²) in [6, 6.07) is 4.44. The molecule has 1 saturated carbocycles. The van der Waals surface area contributed by atoms with Crippen LogP contribution in [0.25, 0.3) is 5.69 Å². The maximum Gasteiger partial charge on any atom is 0.326 e. The fourth-order valence-electron chi connectivity index (χ4n) is 2.42. The summed E-state index contributed by atoms with van der Waals surface area (Å²) in [6.45, 7) is 1.81. The van der Waals surface area contributed by atoms with Crippen LogP contribution in [0.1, 0.15) is 28.8 Å². The summed E-state index contributed by atoms with van der Waals surface area (Å²) in [7, 11) is 0. The lowest BCUT2D eigenvalue weighted by Crippen LogP contribution is -2.42. The minimum atomic E-state index is -0.979. The maximum absolute atomic E-state index is 12.3. The molecule has 1 aliphatic rings. The Hall–Kier alpha value is -2.70. The van der Waals surface area contributed by atoms with Crippen molar-refractivity contribution in [3.8, 4) is 5.69 Å². The predicted molar refractivity (Wildman–Crippen MR) is 77.7 cm³/mol. The van der Waals surface area contributed by atoms with E-state index in [-0.39, 0.29) is 11.8 Å². The summed E-state index contributed by atoms with van der Waals surface area (Å²) in [5.41, 5.74) is 2.02. The highest BCUT2D eigenvalue weighted by Gasteiger charge is 2.37. The summed E-state index contributed by atoms with van der Waals surface area (Å²) in [4.78, 5) is 27.4. The molecule has 1 heterocycles. The van der Waals surface area contributed by atoms with E-state index in [9.17, 15) is 14.7 Å². The molecule has 7 heteroatoms. The van der Waals surface area contributed by atoms with Gasteiger partial charge >= 0.3 is 5.97 Å². The van der Waals surface area contributed by atoms with Crippen LogP contribution in [0.5, 0.6) is 0 Å². The number of carboxylic acid groups (broad SMARTS) is 1. The smallest absolute Gasteiger partial charge is 0.326 e. The number of aryl methyl sites for hydroxylation is 1. The van der Waals surface area contributed by atoms with Crippen molar-refractivity contribution in [3.05, 3.63) is 42.0 Å². The molecule has 0 bridgehead atoms. The fraction of sp³-hybridized carbons (Fsp3) is 0.333. The number of carbonyl (C=O) groups is 2. The van der Waals surface area contributed by atoms with E-state index in [4.69, 9.17) is 0 Å². The SMILES string of the molecule is Cc1cc(-n2cncn2)ccc1C(=O)NC(C(=O)O)C1CC1. The Morgan fingerprint density at radius 2 is 2.18 bits per heavy atom. The summed E-state index contributed by atoms with van der Waals surface area (Å²) in [6.07, 6.45) is 4.70. The lowest BCUT2D eigenvalue weighted by atomic mass is 10.1. The van der Waals surface area contributed by atoms with Crippen molar-refractivity contribution in [2.24, 2.45) is 5.92 Å². The molecule has 1 atom stereocenters. The van der Waals surface area contributed by atoms with Crippen LogP contribution in [-0.2, 0) is 4.79 Å². The minimum absolute atomic E-state index is 0.0520. The van der Waals surface area contributed by atoms with Gasteiger partial charge in [0, 0.05) is 5.56 Å². The second kappa shape index (κ2) is 5.59. The quantitative estimate of drug-likeness (QED) is 0.864. The summed E-state index contributed by atoms with van der Waals surface area (Å²) in [5, 5.41) is 15.8. The van der Waals surface area contributed by atoms with Gasteiger partial charge in [0.15, 0.2) is 0 Å². The van der Waals surface area contributed by atoms with Gasteiger partial charge in [-0.2, -0.15) is 5.10 Å². The molecule has 114 valence electrons. The predicted octanol–water partition coefficient (Wildman–Crippen LogP) is 1.17. The summed E-state index contributed by atoms with van der Waals surface area (Å²) in [5.74, 6) is -1.29. The van der Waals surface area contributed by atoms with E-state index < -0.39 is 12.0 Å². The van der Waals surface area contributed by atoms with Gasteiger partial charge in [-0.3, -0.25) is 4.79 Å². The standard InChI is InChI=1S/C15H16N4O3/c1-9-6-11(19-8-16-7-17-19)4-5-12(9)14(20)18-13(15(21)22)10-2-3-10/h4-8,10,13H,2-3H2,1H3,(H,18,20)(H,21,22). The second-order valence-corrected chi connectivity index (χ2v) is 5.47.